The number of esters is 1. The zero-order valence-electron chi connectivity index (χ0n) is 33.3. The summed E-state index contributed by atoms with van der Waals surface area (Å²) in [5.41, 5.74) is 7.70. The zero-order valence-corrected chi connectivity index (χ0v) is 33.3. The summed E-state index contributed by atoms with van der Waals surface area (Å²) >= 11 is 0. The smallest absolute Gasteiger partial charge is 0.373 e. The first kappa shape index (κ1) is 47.0. The third kappa shape index (κ3) is 14.8. The van der Waals surface area contributed by atoms with Crippen molar-refractivity contribution in [2.24, 2.45) is 46.4 Å². The van der Waals surface area contributed by atoms with Crippen LogP contribution in [0, 0.1) is 35.5 Å². The van der Waals surface area contributed by atoms with Crippen LogP contribution in [-0.4, -0.2) is 96.1 Å². The van der Waals surface area contributed by atoms with Gasteiger partial charge in [0, 0.05) is 43.2 Å². The molecule has 0 saturated carbocycles. The fraction of sp³-hybridized carbons (Fsp3) is 0.659. The molecule has 0 aliphatic carbocycles. The predicted octanol–water partition coefficient (Wildman–Crippen LogP) is 5.41. The molecular weight excluding hydrogens is 664 g/mol. The summed E-state index contributed by atoms with van der Waals surface area (Å²) in [4.78, 5) is 19.2. The maximum Gasteiger partial charge on any atom is 0.373 e. The van der Waals surface area contributed by atoms with Crippen LogP contribution in [0.25, 0.3) is 0 Å². The first-order chi connectivity index (χ1) is 24.6. The molecule has 0 amide bonds. The molecule has 0 aromatic carbocycles. The summed E-state index contributed by atoms with van der Waals surface area (Å²) in [5, 5.41) is 49.1. The first-order valence-corrected chi connectivity index (χ1v) is 18.5. The number of methoxy groups -OCH3 is 2. The number of hydrogen-bond acceptors (Lipinski definition) is 11. The molecule has 1 rings (SSSR count). The van der Waals surface area contributed by atoms with Crippen molar-refractivity contribution in [3.63, 3.8) is 0 Å². The first-order valence-electron chi connectivity index (χ1n) is 18.5. The molecule has 0 spiro atoms. The van der Waals surface area contributed by atoms with E-state index >= 15 is 0 Å². The van der Waals surface area contributed by atoms with Crippen molar-refractivity contribution in [3.05, 3.63) is 71.6 Å². The van der Waals surface area contributed by atoms with Crippen LogP contribution < -0.4 is 5.73 Å². The monoisotopic (exact) mass is 732 g/mol. The van der Waals surface area contributed by atoms with Crippen molar-refractivity contribution in [2.45, 2.75) is 112 Å². The molecule has 6 N–H and O–H groups in total. The quantitative estimate of drug-likeness (QED) is 0.0511. The predicted molar refractivity (Wildman–Crippen MR) is 207 cm³/mol. The average molecular weight is 733 g/mol. The number of carbonyl (C=O) groups excluding carboxylic acids is 1. The third-order valence-corrected chi connectivity index (χ3v) is 9.85. The van der Waals surface area contributed by atoms with E-state index in [2.05, 4.69) is 5.16 Å². The standard InChI is InChI=1S/C41H68N2O9/c1-12-15-34(44)27(5)18-19-33(43-51-21-20-42)30(8)39(47)31(9)40-35(49-10)17-14-16-25(3)22-28(6)37(45)32(13-2)38(46)29(7)23-26(4)24-36(50-11)41(48)52-40/h12,14-19,23-24,27-32,34-35,37-40,44-47H,13,20-22,42H2,1-11H3. The number of rotatable bonds is 14. The number of nitrogens with two attached hydrogens (primary N) is 1. The summed E-state index contributed by atoms with van der Waals surface area (Å²) in [6.45, 7) is 17.3. The average Bonchev–Trinajstić information content (AvgIpc) is 3.11. The van der Waals surface area contributed by atoms with Crippen LogP contribution in [0.3, 0.4) is 0 Å². The number of allylic oxidation sites excluding steroid dienone is 7. The van der Waals surface area contributed by atoms with Gasteiger partial charge in [0.15, 0.2) is 0 Å². The molecule has 0 aromatic rings. The number of cyclic esters (lactones) is 1. The van der Waals surface area contributed by atoms with E-state index < -0.39 is 54.4 Å². The highest BCUT2D eigenvalue weighted by Crippen LogP contribution is 2.30. The van der Waals surface area contributed by atoms with E-state index in [1.165, 1.54) is 14.2 Å². The van der Waals surface area contributed by atoms with Gasteiger partial charge in [0.1, 0.15) is 18.8 Å². The lowest BCUT2D eigenvalue weighted by Gasteiger charge is -2.34. The minimum absolute atomic E-state index is 0.0689. The van der Waals surface area contributed by atoms with E-state index in [0.29, 0.717) is 24.1 Å². The molecule has 1 aliphatic heterocycles. The molecule has 11 heteroatoms. The van der Waals surface area contributed by atoms with Crippen molar-refractivity contribution in [1.82, 2.24) is 0 Å². The van der Waals surface area contributed by atoms with E-state index in [1.54, 1.807) is 57.2 Å². The molecule has 1 heterocycles. The van der Waals surface area contributed by atoms with Crippen LogP contribution in [0.1, 0.15) is 75.2 Å². The van der Waals surface area contributed by atoms with Crippen LogP contribution in [0.5, 0.6) is 0 Å². The van der Waals surface area contributed by atoms with Crippen LogP contribution in [-0.2, 0) is 23.8 Å². The Labute approximate surface area is 312 Å². The van der Waals surface area contributed by atoms with Crippen molar-refractivity contribution < 1.29 is 44.3 Å². The van der Waals surface area contributed by atoms with Gasteiger partial charge in [-0.25, -0.2) is 4.79 Å². The number of hydrogen-bond donors (Lipinski definition) is 5. The Morgan fingerprint density at radius 3 is 2.37 bits per heavy atom. The molecule has 11 nitrogen and oxygen atoms in total. The topological polar surface area (TPSA) is 173 Å². The van der Waals surface area contributed by atoms with Gasteiger partial charge in [0.05, 0.1) is 37.2 Å². The second-order valence-electron chi connectivity index (χ2n) is 14.2. The van der Waals surface area contributed by atoms with E-state index in [4.69, 9.17) is 24.8 Å². The Hall–Kier alpha value is -3.06. The SMILES string of the molecule is CC=CC(O)C(C)C=CC(=NOCCN)C(C)C(O)C(C)C1OC(=O)C(OC)=CC(C)=CC(C)C(O)C(CC)C(O)C(C)CC(C)=CC=CC1OC. The Morgan fingerprint density at radius 1 is 1.12 bits per heavy atom. The Morgan fingerprint density at radius 2 is 1.79 bits per heavy atom. The van der Waals surface area contributed by atoms with Crippen LogP contribution in [0.15, 0.2) is 76.7 Å². The van der Waals surface area contributed by atoms with Gasteiger partial charge in [-0.1, -0.05) is 100 Å². The largest absolute Gasteiger partial charge is 0.490 e. The number of aliphatic hydroxyl groups excluding tert-OH is 4. The van der Waals surface area contributed by atoms with Gasteiger partial charge >= 0.3 is 5.97 Å². The third-order valence-electron chi connectivity index (χ3n) is 9.85. The lowest BCUT2D eigenvalue weighted by Crippen LogP contribution is -2.45. The van der Waals surface area contributed by atoms with Gasteiger partial charge < -0.3 is 45.2 Å². The normalized spacial score (nSPS) is 29.2. The second kappa shape index (κ2) is 24.3. The van der Waals surface area contributed by atoms with E-state index in [-0.39, 0.29) is 42.6 Å². The maximum absolute atomic E-state index is 13.7. The number of ether oxygens (including phenoxy) is 3. The van der Waals surface area contributed by atoms with Crippen LogP contribution in [0.2, 0.25) is 0 Å². The molecule has 0 fully saturated rings. The molecular formula is C41H68N2O9. The molecule has 296 valence electrons. The van der Waals surface area contributed by atoms with Crippen molar-refractivity contribution in [3.8, 4) is 0 Å². The Kier molecular flexibility index (Phi) is 21.9. The van der Waals surface area contributed by atoms with E-state index in [1.807, 2.05) is 59.8 Å². The van der Waals surface area contributed by atoms with Gasteiger partial charge in [-0.05, 0) is 51.7 Å². The second-order valence-corrected chi connectivity index (χ2v) is 14.2. The van der Waals surface area contributed by atoms with E-state index in [9.17, 15) is 25.2 Å². The van der Waals surface area contributed by atoms with Crippen molar-refractivity contribution in [2.75, 3.05) is 27.4 Å². The highest BCUT2D eigenvalue weighted by molar-refractivity contribution is 5.96. The molecule has 0 radical (unpaired) electrons. The summed E-state index contributed by atoms with van der Waals surface area (Å²) in [7, 11) is 2.88. The summed E-state index contributed by atoms with van der Waals surface area (Å²) in [6, 6.07) is 0. The highest BCUT2D eigenvalue weighted by Gasteiger charge is 2.38. The lowest BCUT2D eigenvalue weighted by molar-refractivity contribution is -0.161. The maximum atomic E-state index is 13.7. The Bertz CT molecular complexity index is 1290. The summed E-state index contributed by atoms with van der Waals surface area (Å²) in [6.07, 6.45) is 12.0. The highest BCUT2D eigenvalue weighted by atomic mass is 16.6. The van der Waals surface area contributed by atoms with Gasteiger partial charge in [-0.2, -0.15) is 0 Å². The minimum Gasteiger partial charge on any atom is -0.490 e. The van der Waals surface area contributed by atoms with Crippen LogP contribution >= 0.6 is 0 Å². The fourth-order valence-electron chi connectivity index (χ4n) is 6.47. The number of oxime groups is 1. The van der Waals surface area contributed by atoms with Gasteiger partial charge in [-0.15, -0.1) is 0 Å². The summed E-state index contributed by atoms with van der Waals surface area (Å²) < 4.78 is 17.5. The molecule has 0 aromatic heterocycles. The molecule has 12 unspecified atom stereocenters. The molecule has 0 saturated heterocycles. The number of nitrogens with zero attached hydrogens (tertiary/aromatic N) is 1. The van der Waals surface area contributed by atoms with Crippen LogP contribution in [0.4, 0.5) is 0 Å². The number of carbonyl (C=O) groups is 1. The van der Waals surface area contributed by atoms with Gasteiger partial charge in [0.2, 0.25) is 5.76 Å². The number of aliphatic hydroxyl groups is 4. The van der Waals surface area contributed by atoms with Crippen molar-refractivity contribution >= 4 is 11.7 Å². The molecule has 12 atom stereocenters. The fourth-order valence-corrected chi connectivity index (χ4v) is 6.47. The molecule has 0 bridgehead atoms. The van der Waals surface area contributed by atoms with Gasteiger partial charge in [-0.3, -0.25) is 0 Å². The summed E-state index contributed by atoms with van der Waals surface area (Å²) in [5.74, 6) is -3.17. The molecule has 52 heavy (non-hydrogen) atoms. The van der Waals surface area contributed by atoms with E-state index in [0.717, 1.165) is 5.57 Å². The minimum atomic E-state index is -1.10. The molecule has 1 aliphatic rings. The van der Waals surface area contributed by atoms with Crippen molar-refractivity contribution in [1.29, 1.82) is 0 Å². The zero-order chi connectivity index (χ0) is 39.5. The lowest BCUT2D eigenvalue weighted by atomic mass is 9.79. The van der Waals surface area contributed by atoms with Gasteiger partial charge in [0.25, 0.3) is 0 Å². The Balaban J connectivity index is 3.72.